The zero-order valence-electron chi connectivity index (χ0n) is 11.7. The zero-order valence-corrected chi connectivity index (χ0v) is 11.7. The molecule has 0 bridgehead atoms. The van der Waals surface area contributed by atoms with Crippen LogP contribution in [0.4, 0.5) is 11.4 Å². The third-order valence-corrected chi connectivity index (χ3v) is 3.21. The zero-order chi connectivity index (χ0) is 14.4. The number of benzene rings is 2. The molecule has 0 aliphatic rings. The van der Waals surface area contributed by atoms with Crippen molar-refractivity contribution in [2.45, 2.75) is 19.9 Å². The van der Waals surface area contributed by atoms with Gasteiger partial charge in [-0.3, -0.25) is 0 Å². The van der Waals surface area contributed by atoms with Crippen LogP contribution < -0.4 is 10.6 Å². The molecule has 0 atom stereocenters. The van der Waals surface area contributed by atoms with Crippen molar-refractivity contribution >= 4 is 11.4 Å². The van der Waals surface area contributed by atoms with E-state index in [9.17, 15) is 0 Å². The van der Waals surface area contributed by atoms with Crippen LogP contribution in [-0.2, 0) is 6.54 Å². The van der Waals surface area contributed by atoms with Crippen LogP contribution in [-0.4, -0.2) is 6.54 Å². The van der Waals surface area contributed by atoms with Crippen molar-refractivity contribution in [3.05, 3.63) is 59.7 Å². The number of hydrogen-bond acceptors (Lipinski definition) is 3. The number of nitriles is 1. The number of anilines is 2. The normalized spacial score (nSPS) is 10.0. The van der Waals surface area contributed by atoms with Gasteiger partial charge in [-0.25, -0.2) is 0 Å². The largest absolute Gasteiger partial charge is 0.397 e. The topological polar surface area (TPSA) is 53.0 Å². The van der Waals surface area contributed by atoms with Gasteiger partial charge in [0, 0.05) is 13.1 Å². The monoisotopic (exact) mass is 265 g/mol. The predicted molar refractivity (Wildman–Crippen MR) is 83.4 cm³/mol. The number of hydrogen-bond donors (Lipinski definition) is 1. The Morgan fingerprint density at radius 3 is 2.55 bits per heavy atom. The van der Waals surface area contributed by atoms with Crippen molar-refractivity contribution in [1.29, 1.82) is 5.26 Å². The van der Waals surface area contributed by atoms with Crippen LogP contribution in [0.3, 0.4) is 0 Å². The second-order valence-corrected chi connectivity index (χ2v) is 4.79. The lowest BCUT2D eigenvalue weighted by Crippen LogP contribution is -2.24. The summed E-state index contributed by atoms with van der Waals surface area (Å²) in [5.74, 6) is 0. The molecule has 0 saturated heterocycles. The van der Waals surface area contributed by atoms with Gasteiger partial charge in [-0.05, 0) is 30.2 Å². The smallest absolute Gasteiger partial charge is 0.0992 e. The minimum atomic E-state index is 0.642. The first-order chi connectivity index (χ1) is 9.74. The van der Waals surface area contributed by atoms with Crippen LogP contribution in [0.1, 0.15) is 24.5 Å². The molecule has 0 aromatic heterocycles. The number of nitrogens with zero attached hydrogens (tertiary/aromatic N) is 2. The van der Waals surface area contributed by atoms with E-state index in [1.54, 1.807) is 6.07 Å². The van der Waals surface area contributed by atoms with E-state index < -0.39 is 0 Å². The molecular weight excluding hydrogens is 246 g/mol. The fourth-order valence-electron chi connectivity index (χ4n) is 2.25. The van der Waals surface area contributed by atoms with E-state index in [-0.39, 0.29) is 0 Å². The molecule has 3 heteroatoms. The van der Waals surface area contributed by atoms with Gasteiger partial charge in [-0.15, -0.1) is 0 Å². The Labute approximate surface area is 120 Å². The fraction of sp³-hybridized carbons (Fsp3) is 0.235. The maximum atomic E-state index is 9.05. The molecule has 0 fully saturated rings. The van der Waals surface area contributed by atoms with Crippen LogP contribution >= 0.6 is 0 Å². The number of nitrogens with two attached hydrogens (primary N) is 1. The highest BCUT2D eigenvalue weighted by molar-refractivity contribution is 5.69. The molecule has 0 saturated carbocycles. The second kappa shape index (κ2) is 6.63. The van der Waals surface area contributed by atoms with Crippen LogP contribution in [0.15, 0.2) is 48.5 Å². The van der Waals surface area contributed by atoms with Gasteiger partial charge in [-0.1, -0.05) is 37.3 Å². The summed E-state index contributed by atoms with van der Waals surface area (Å²) < 4.78 is 0. The average molecular weight is 265 g/mol. The molecule has 2 N–H and O–H groups in total. The quantitative estimate of drug-likeness (QED) is 0.841. The molecule has 0 spiro atoms. The lowest BCUT2D eigenvalue weighted by atomic mass is 10.1. The number of rotatable bonds is 5. The van der Waals surface area contributed by atoms with Crippen LogP contribution in [0, 0.1) is 11.3 Å². The Bertz CT molecular complexity index is 599. The van der Waals surface area contributed by atoms with Crippen molar-refractivity contribution in [3.8, 4) is 6.07 Å². The lowest BCUT2D eigenvalue weighted by Gasteiger charge is -2.26. The molecule has 20 heavy (non-hydrogen) atoms. The van der Waals surface area contributed by atoms with Crippen LogP contribution in [0.5, 0.6) is 0 Å². The molecule has 0 heterocycles. The Morgan fingerprint density at radius 1 is 1.15 bits per heavy atom. The van der Waals surface area contributed by atoms with Crippen molar-refractivity contribution in [1.82, 2.24) is 0 Å². The van der Waals surface area contributed by atoms with E-state index in [0.717, 1.165) is 25.2 Å². The summed E-state index contributed by atoms with van der Waals surface area (Å²) >= 11 is 0. The van der Waals surface area contributed by atoms with E-state index >= 15 is 0 Å². The summed E-state index contributed by atoms with van der Waals surface area (Å²) in [6, 6.07) is 17.9. The molecule has 3 nitrogen and oxygen atoms in total. The minimum absolute atomic E-state index is 0.642. The van der Waals surface area contributed by atoms with E-state index in [0.29, 0.717) is 11.3 Å². The summed E-state index contributed by atoms with van der Waals surface area (Å²) in [6.07, 6.45) is 1.03. The third kappa shape index (κ3) is 3.30. The van der Waals surface area contributed by atoms with Gasteiger partial charge in [0.25, 0.3) is 0 Å². The molecule has 0 unspecified atom stereocenters. The van der Waals surface area contributed by atoms with Gasteiger partial charge in [0.05, 0.1) is 23.0 Å². The van der Waals surface area contributed by atoms with Crippen molar-refractivity contribution in [3.63, 3.8) is 0 Å². The molecule has 0 aliphatic carbocycles. The minimum Gasteiger partial charge on any atom is -0.397 e. The predicted octanol–water partition coefficient (Wildman–Crippen LogP) is 3.56. The first-order valence-electron chi connectivity index (χ1n) is 6.83. The summed E-state index contributed by atoms with van der Waals surface area (Å²) in [4.78, 5) is 2.23. The Hall–Kier alpha value is -2.47. The summed E-state index contributed by atoms with van der Waals surface area (Å²) in [7, 11) is 0. The van der Waals surface area contributed by atoms with Gasteiger partial charge in [0.1, 0.15) is 0 Å². The Balaban J connectivity index is 2.31. The fourth-order valence-corrected chi connectivity index (χ4v) is 2.25. The van der Waals surface area contributed by atoms with Gasteiger partial charge in [0.15, 0.2) is 0 Å². The summed E-state index contributed by atoms with van der Waals surface area (Å²) in [6.45, 7) is 3.85. The van der Waals surface area contributed by atoms with Gasteiger partial charge >= 0.3 is 0 Å². The highest BCUT2D eigenvalue weighted by Crippen LogP contribution is 2.26. The third-order valence-electron chi connectivity index (χ3n) is 3.21. The lowest BCUT2D eigenvalue weighted by molar-refractivity contribution is 0.768. The van der Waals surface area contributed by atoms with E-state index in [4.69, 9.17) is 11.0 Å². The average Bonchev–Trinajstić information content (AvgIpc) is 2.48. The Kier molecular flexibility index (Phi) is 4.62. The molecule has 2 aromatic rings. The van der Waals surface area contributed by atoms with E-state index in [1.165, 1.54) is 5.56 Å². The number of nitrogen functional groups attached to an aromatic ring is 1. The highest BCUT2D eigenvalue weighted by Gasteiger charge is 2.10. The van der Waals surface area contributed by atoms with E-state index in [2.05, 4.69) is 30.0 Å². The summed E-state index contributed by atoms with van der Waals surface area (Å²) in [5.41, 5.74) is 9.61. The maximum absolute atomic E-state index is 9.05. The van der Waals surface area contributed by atoms with Crippen molar-refractivity contribution < 1.29 is 0 Å². The van der Waals surface area contributed by atoms with Crippen molar-refractivity contribution in [2.24, 2.45) is 0 Å². The van der Waals surface area contributed by atoms with Crippen LogP contribution in [0.2, 0.25) is 0 Å². The molecule has 0 radical (unpaired) electrons. The van der Waals surface area contributed by atoms with Gasteiger partial charge < -0.3 is 10.6 Å². The highest BCUT2D eigenvalue weighted by atomic mass is 15.1. The second-order valence-electron chi connectivity index (χ2n) is 4.79. The maximum Gasteiger partial charge on any atom is 0.0992 e. The van der Waals surface area contributed by atoms with Crippen LogP contribution in [0.25, 0.3) is 0 Å². The molecule has 2 aromatic carbocycles. The van der Waals surface area contributed by atoms with Gasteiger partial charge in [-0.2, -0.15) is 5.26 Å². The Morgan fingerprint density at radius 2 is 1.90 bits per heavy atom. The molecular formula is C17H19N3. The summed E-state index contributed by atoms with van der Waals surface area (Å²) in [5, 5.41) is 9.05. The van der Waals surface area contributed by atoms with Crippen molar-refractivity contribution in [2.75, 3.05) is 17.2 Å². The molecule has 2 rings (SSSR count). The van der Waals surface area contributed by atoms with Gasteiger partial charge in [0.2, 0.25) is 0 Å². The molecule has 102 valence electrons. The SMILES string of the molecule is CCCN(Cc1ccccc1)c1cc(C#N)ccc1N. The first-order valence-corrected chi connectivity index (χ1v) is 6.83. The first kappa shape index (κ1) is 14.0. The molecule has 0 amide bonds. The standard InChI is InChI=1S/C17H19N3/c1-2-10-20(13-14-6-4-3-5-7-14)17-11-15(12-18)8-9-16(17)19/h3-9,11H,2,10,13,19H2,1H3. The van der Waals surface area contributed by atoms with E-state index in [1.807, 2.05) is 30.3 Å². The molecule has 0 aliphatic heterocycles.